The van der Waals surface area contributed by atoms with E-state index in [0.717, 1.165) is 25.3 Å². The van der Waals surface area contributed by atoms with Crippen LogP contribution < -0.4 is 10.1 Å². The van der Waals surface area contributed by atoms with Gasteiger partial charge in [0.2, 0.25) is 0 Å². The summed E-state index contributed by atoms with van der Waals surface area (Å²) in [5.41, 5.74) is 3.08. The van der Waals surface area contributed by atoms with Crippen molar-refractivity contribution in [1.29, 1.82) is 0 Å². The fourth-order valence-electron chi connectivity index (χ4n) is 2.25. The van der Waals surface area contributed by atoms with Gasteiger partial charge in [0, 0.05) is 12.5 Å². The van der Waals surface area contributed by atoms with Crippen LogP contribution in [0.5, 0.6) is 5.75 Å². The van der Waals surface area contributed by atoms with E-state index in [2.05, 4.69) is 58.1 Å². The van der Waals surface area contributed by atoms with Gasteiger partial charge in [0.15, 0.2) is 0 Å². The molecule has 0 spiro atoms. The summed E-state index contributed by atoms with van der Waals surface area (Å²) < 4.78 is 5.56. The van der Waals surface area contributed by atoms with Crippen molar-refractivity contribution in [1.82, 2.24) is 5.32 Å². The van der Waals surface area contributed by atoms with E-state index in [0.29, 0.717) is 17.4 Å². The molecule has 0 aromatic heterocycles. The Morgan fingerprint density at radius 3 is 2.68 bits per heavy atom. The molecule has 2 unspecified atom stereocenters. The second-order valence-corrected chi connectivity index (χ2v) is 6.86. The van der Waals surface area contributed by atoms with Crippen LogP contribution in [0.3, 0.4) is 0 Å². The summed E-state index contributed by atoms with van der Waals surface area (Å²) in [4.78, 5) is 0. The zero-order valence-electron chi connectivity index (χ0n) is 12.9. The van der Waals surface area contributed by atoms with Crippen LogP contribution in [0.4, 0.5) is 0 Å². The second kappa shape index (κ2) is 5.54. The first-order valence-electron chi connectivity index (χ1n) is 7.37. The van der Waals surface area contributed by atoms with Gasteiger partial charge in [-0.1, -0.05) is 39.8 Å². The maximum absolute atomic E-state index is 5.56. The maximum atomic E-state index is 5.56. The van der Waals surface area contributed by atoms with E-state index >= 15 is 0 Å². The fourth-order valence-corrected chi connectivity index (χ4v) is 2.25. The highest BCUT2D eigenvalue weighted by molar-refractivity contribution is 5.40. The predicted octanol–water partition coefficient (Wildman–Crippen LogP) is 3.95. The molecule has 106 valence electrons. The summed E-state index contributed by atoms with van der Waals surface area (Å²) in [5, 5.41) is 3.66. The van der Waals surface area contributed by atoms with E-state index in [1.165, 1.54) is 11.1 Å². The molecule has 2 nitrogen and oxygen atoms in total. The number of benzene rings is 1. The van der Waals surface area contributed by atoms with Crippen LogP contribution in [0.15, 0.2) is 18.2 Å². The van der Waals surface area contributed by atoms with Gasteiger partial charge >= 0.3 is 0 Å². The Morgan fingerprint density at radius 2 is 2.00 bits per heavy atom. The molecule has 0 amide bonds. The smallest absolute Gasteiger partial charge is 0.122 e. The lowest BCUT2D eigenvalue weighted by Crippen LogP contribution is -2.31. The number of rotatable bonds is 4. The van der Waals surface area contributed by atoms with Crippen LogP contribution in [0.1, 0.15) is 51.8 Å². The van der Waals surface area contributed by atoms with Gasteiger partial charge in [0.25, 0.3) is 0 Å². The van der Waals surface area contributed by atoms with Crippen LogP contribution in [0.25, 0.3) is 0 Å². The van der Waals surface area contributed by atoms with Gasteiger partial charge in [-0.15, -0.1) is 0 Å². The van der Waals surface area contributed by atoms with E-state index in [1.54, 1.807) is 0 Å². The van der Waals surface area contributed by atoms with Crippen LogP contribution in [-0.2, 0) is 6.42 Å². The van der Waals surface area contributed by atoms with Gasteiger partial charge in [-0.3, -0.25) is 0 Å². The predicted molar refractivity (Wildman–Crippen MR) is 80.7 cm³/mol. The Hall–Kier alpha value is -1.02. The highest BCUT2D eigenvalue weighted by Gasteiger charge is 2.21. The van der Waals surface area contributed by atoms with Crippen molar-refractivity contribution in [3.05, 3.63) is 29.3 Å². The van der Waals surface area contributed by atoms with Gasteiger partial charge < -0.3 is 10.1 Å². The van der Waals surface area contributed by atoms with Crippen LogP contribution in [-0.4, -0.2) is 13.2 Å². The molecule has 1 N–H and O–H groups in total. The lowest BCUT2D eigenvalue weighted by molar-refractivity contribution is 0.247. The molecule has 0 fully saturated rings. The van der Waals surface area contributed by atoms with Gasteiger partial charge in [-0.05, 0) is 42.0 Å². The average Bonchev–Trinajstić information content (AvgIpc) is 2.81. The zero-order chi connectivity index (χ0) is 14.0. The summed E-state index contributed by atoms with van der Waals surface area (Å²) >= 11 is 0. The molecular weight excluding hydrogens is 234 g/mol. The minimum Gasteiger partial charge on any atom is -0.493 e. The van der Waals surface area contributed by atoms with Crippen LogP contribution >= 0.6 is 0 Å². The third kappa shape index (κ3) is 3.50. The van der Waals surface area contributed by atoms with E-state index in [-0.39, 0.29) is 0 Å². The Kier molecular flexibility index (Phi) is 4.19. The first-order valence-corrected chi connectivity index (χ1v) is 7.37. The number of nitrogens with one attached hydrogen (secondary N) is 1. The summed E-state index contributed by atoms with van der Waals surface area (Å²) in [6, 6.07) is 6.99. The Bertz CT molecular complexity index is 433. The largest absolute Gasteiger partial charge is 0.493 e. The topological polar surface area (TPSA) is 21.3 Å². The zero-order valence-corrected chi connectivity index (χ0v) is 12.9. The summed E-state index contributed by atoms with van der Waals surface area (Å²) in [7, 11) is 0. The molecule has 2 rings (SSSR count). The van der Waals surface area contributed by atoms with Crippen molar-refractivity contribution in [3.8, 4) is 5.75 Å². The molecule has 0 saturated heterocycles. The average molecular weight is 261 g/mol. The molecule has 19 heavy (non-hydrogen) atoms. The van der Waals surface area contributed by atoms with Crippen LogP contribution in [0.2, 0.25) is 0 Å². The second-order valence-electron chi connectivity index (χ2n) is 6.86. The van der Waals surface area contributed by atoms with Crippen molar-refractivity contribution in [2.45, 2.75) is 47.1 Å². The Balaban J connectivity index is 1.95. The van der Waals surface area contributed by atoms with Gasteiger partial charge in [0.05, 0.1) is 6.61 Å². The van der Waals surface area contributed by atoms with E-state index in [4.69, 9.17) is 4.74 Å². The van der Waals surface area contributed by atoms with E-state index in [9.17, 15) is 0 Å². The monoisotopic (exact) mass is 261 g/mol. The molecule has 1 heterocycles. The lowest BCUT2D eigenvalue weighted by Gasteiger charge is -2.29. The van der Waals surface area contributed by atoms with Gasteiger partial charge in [-0.2, -0.15) is 0 Å². The number of hydrogen-bond acceptors (Lipinski definition) is 2. The summed E-state index contributed by atoms with van der Waals surface area (Å²) in [6.07, 6.45) is 1.05. The first kappa shape index (κ1) is 14.4. The molecule has 1 aliphatic rings. The lowest BCUT2D eigenvalue weighted by atomic mass is 9.82. The highest BCUT2D eigenvalue weighted by atomic mass is 16.5. The number of fused-ring (bicyclic) bond motifs is 1. The summed E-state index contributed by atoms with van der Waals surface area (Å²) in [6.45, 7) is 13.4. The third-order valence-electron chi connectivity index (χ3n) is 4.42. The van der Waals surface area contributed by atoms with E-state index in [1.807, 2.05) is 0 Å². The molecule has 1 aliphatic heterocycles. The van der Waals surface area contributed by atoms with Crippen molar-refractivity contribution in [2.75, 3.05) is 13.2 Å². The molecule has 0 radical (unpaired) electrons. The minimum absolute atomic E-state index is 0.360. The Labute approximate surface area is 117 Å². The first-order chi connectivity index (χ1) is 8.88. The quantitative estimate of drug-likeness (QED) is 0.886. The molecule has 1 aromatic rings. The van der Waals surface area contributed by atoms with Crippen LogP contribution in [0, 0.1) is 11.3 Å². The van der Waals surface area contributed by atoms with Crippen molar-refractivity contribution in [2.24, 2.45) is 11.3 Å². The van der Waals surface area contributed by atoms with Crippen molar-refractivity contribution < 1.29 is 4.74 Å². The molecule has 1 aromatic carbocycles. The van der Waals surface area contributed by atoms with E-state index < -0.39 is 0 Å². The fraction of sp³-hybridized carbons (Fsp3) is 0.647. The molecule has 0 saturated carbocycles. The number of hydrogen-bond donors (Lipinski definition) is 1. The molecule has 0 bridgehead atoms. The molecule has 2 atom stereocenters. The van der Waals surface area contributed by atoms with Crippen molar-refractivity contribution >= 4 is 0 Å². The maximum Gasteiger partial charge on any atom is 0.122 e. The normalized spacial score (nSPS) is 17.7. The minimum atomic E-state index is 0.360. The Morgan fingerprint density at radius 1 is 1.26 bits per heavy atom. The molecular formula is C17H27NO. The molecule has 0 aliphatic carbocycles. The highest BCUT2D eigenvalue weighted by Crippen LogP contribution is 2.29. The third-order valence-corrected chi connectivity index (χ3v) is 4.42. The van der Waals surface area contributed by atoms with Gasteiger partial charge in [-0.25, -0.2) is 0 Å². The molecule has 2 heteroatoms. The van der Waals surface area contributed by atoms with Crippen molar-refractivity contribution in [3.63, 3.8) is 0 Å². The summed E-state index contributed by atoms with van der Waals surface area (Å²) in [5.74, 6) is 1.73. The standard InChI is InChI=1S/C17H27NO/c1-12(17(3,4)5)11-18-13(2)14-6-7-16-15(10-14)8-9-19-16/h6-7,10,12-13,18H,8-9,11H2,1-5H3. The van der Waals surface area contributed by atoms with Gasteiger partial charge in [0.1, 0.15) is 5.75 Å². The number of ether oxygens (including phenoxy) is 1. The SMILES string of the molecule is CC(NCC(C)C(C)(C)C)c1ccc2c(c1)CCO2.